The van der Waals surface area contributed by atoms with Gasteiger partial charge < -0.3 is 19.5 Å². The summed E-state index contributed by atoms with van der Waals surface area (Å²) in [5.41, 5.74) is 5.59. The molecule has 0 aliphatic rings. The summed E-state index contributed by atoms with van der Waals surface area (Å²) in [6.45, 7) is 3.01. The average molecular weight is 473 g/mol. The highest BCUT2D eigenvalue weighted by Gasteiger charge is 2.05. The summed E-state index contributed by atoms with van der Waals surface area (Å²) in [6.07, 6.45) is 4.19. The number of amides is 2. The van der Waals surface area contributed by atoms with Crippen molar-refractivity contribution in [2.45, 2.75) is 32.1 Å². The number of hydroxylamine groups is 1. The van der Waals surface area contributed by atoms with Gasteiger partial charge in [0.15, 0.2) is 0 Å². The van der Waals surface area contributed by atoms with Crippen LogP contribution >= 0.6 is 0 Å². The molecule has 0 spiro atoms. The van der Waals surface area contributed by atoms with E-state index in [1.54, 1.807) is 12.6 Å². The Hall–Kier alpha value is -2.78. The number of ether oxygens (including phenoxy) is 3. The summed E-state index contributed by atoms with van der Waals surface area (Å²) in [4.78, 5) is 23.4. The van der Waals surface area contributed by atoms with Gasteiger partial charge in [-0.15, -0.1) is 0 Å². The quantitative estimate of drug-likeness (QED) is 0.186. The highest BCUT2D eigenvalue weighted by Crippen LogP contribution is 2.12. The highest BCUT2D eigenvalue weighted by atomic mass is 16.5. The maximum atomic E-state index is 12.2. The van der Waals surface area contributed by atoms with Crippen molar-refractivity contribution in [2.75, 3.05) is 46.7 Å². The van der Waals surface area contributed by atoms with Gasteiger partial charge in [0.25, 0.3) is 5.91 Å². The minimum absolute atomic E-state index is 0.105. The predicted octanol–water partition coefficient (Wildman–Crippen LogP) is 2.71. The number of methoxy groups -OCH3 is 1. The molecule has 0 aromatic heterocycles. The normalized spacial score (nSPS) is 10.8. The van der Waals surface area contributed by atoms with Crippen molar-refractivity contribution in [1.82, 2.24) is 10.8 Å². The summed E-state index contributed by atoms with van der Waals surface area (Å²) < 4.78 is 15.6. The largest absolute Gasteiger partial charge is 0.382 e. The minimum Gasteiger partial charge on any atom is -0.382 e. The van der Waals surface area contributed by atoms with E-state index in [1.807, 2.05) is 48.5 Å². The molecule has 2 amide bonds. The van der Waals surface area contributed by atoms with Crippen molar-refractivity contribution in [3.63, 3.8) is 0 Å². The van der Waals surface area contributed by atoms with E-state index in [0.29, 0.717) is 45.1 Å². The van der Waals surface area contributed by atoms with Crippen LogP contribution in [-0.2, 0) is 38.3 Å². The molecule has 0 saturated carbocycles. The molecule has 0 unspecified atom stereocenters. The van der Waals surface area contributed by atoms with Crippen molar-refractivity contribution in [2.24, 2.45) is 0 Å². The Kier molecular flexibility index (Phi) is 13.5. The molecule has 0 aliphatic carbocycles. The number of nitrogens with one attached hydrogen (secondary N) is 2. The zero-order chi connectivity index (χ0) is 24.4. The summed E-state index contributed by atoms with van der Waals surface area (Å²) in [6, 6.07) is 15.6. The Bertz CT molecular complexity index is 839. The lowest BCUT2D eigenvalue weighted by Crippen LogP contribution is -2.27. The first-order valence-electron chi connectivity index (χ1n) is 11.6. The van der Waals surface area contributed by atoms with Crippen LogP contribution in [0.5, 0.6) is 0 Å². The topological polar surface area (TPSA) is 106 Å². The van der Waals surface area contributed by atoms with Gasteiger partial charge in [0.1, 0.15) is 0 Å². The first kappa shape index (κ1) is 27.5. The molecular weight excluding hydrogens is 436 g/mol. The van der Waals surface area contributed by atoms with Crippen LogP contribution in [0.3, 0.4) is 0 Å². The third-order valence-corrected chi connectivity index (χ3v) is 5.25. The molecule has 8 heteroatoms. The monoisotopic (exact) mass is 472 g/mol. The van der Waals surface area contributed by atoms with Crippen molar-refractivity contribution >= 4 is 11.8 Å². The Morgan fingerprint density at radius 2 is 1.29 bits per heavy atom. The van der Waals surface area contributed by atoms with E-state index in [0.717, 1.165) is 31.2 Å². The van der Waals surface area contributed by atoms with Gasteiger partial charge in [0, 0.05) is 19.2 Å². The fraction of sp³-hybridized carbons (Fsp3) is 0.462. The number of carbonyl (C=O) groups excluding carboxylic acids is 2. The van der Waals surface area contributed by atoms with Crippen LogP contribution in [0.1, 0.15) is 39.9 Å². The van der Waals surface area contributed by atoms with E-state index in [1.165, 1.54) is 11.1 Å². The van der Waals surface area contributed by atoms with Crippen molar-refractivity contribution < 1.29 is 29.0 Å². The van der Waals surface area contributed by atoms with Gasteiger partial charge in [0.05, 0.1) is 39.5 Å². The van der Waals surface area contributed by atoms with Crippen LogP contribution in [0, 0.1) is 0 Å². The number of rotatable bonds is 17. The maximum absolute atomic E-state index is 12.2. The SMILES string of the molecule is COCCOCCOCCNC(=O)c1ccc(CCCCc2ccc(CC(=O)NO)cc2)cc1. The first-order valence-corrected chi connectivity index (χ1v) is 11.6. The zero-order valence-electron chi connectivity index (χ0n) is 19.9. The van der Waals surface area contributed by atoms with E-state index in [4.69, 9.17) is 19.4 Å². The summed E-state index contributed by atoms with van der Waals surface area (Å²) in [5.74, 6) is -0.521. The molecule has 0 bridgehead atoms. The van der Waals surface area contributed by atoms with Crippen LogP contribution in [0.4, 0.5) is 0 Å². The summed E-state index contributed by atoms with van der Waals surface area (Å²) >= 11 is 0. The molecule has 186 valence electrons. The fourth-order valence-electron chi connectivity index (χ4n) is 3.33. The van der Waals surface area contributed by atoms with Crippen molar-refractivity contribution in [1.29, 1.82) is 0 Å². The molecule has 0 heterocycles. The molecule has 8 nitrogen and oxygen atoms in total. The van der Waals surface area contributed by atoms with Gasteiger partial charge in [0.2, 0.25) is 5.91 Å². The Balaban J connectivity index is 1.58. The van der Waals surface area contributed by atoms with E-state index >= 15 is 0 Å². The zero-order valence-corrected chi connectivity index (χ0v) is 19.9. The van der Waals surface area contributed by atoms with Gasteiger partial charge in [-0.05, 0) is 54.5 Å². The molecule has 0 radical (unpaired) electrons. The second-order valence-corrected chi connectivity index (χ2v) is 7.91. The standard InChI is InChI=1S/C26H36N2O6/c1-32-16-17-34-19-18-33-15-14-27-26(30)24-12-10-22(11-13-24)5-3-2-4-21-6-8-23(9-7-21)20-25(29)28-31/h6-13,31H,2-5,14-20H2,1H3,(H,27,30)(H,28,29). The van der Waals surface area contributed by atoms with E-state index in [9.17, 15) is 9.59 Å². The molecule has 0 aliphatic heterocycles. The van der Waals surface area contributed by atoms with E-state index in [2.05, 4.69) is 5.32 Å². The van der Waals surface area contributed by atoms with Gasteiger partial charge in [-0.2, -0.15) is 0 Å². The number of benzene rings is 2. The van der Waals surface area contributed by atoms with E-state index in [-0.39, 0.29) is 12.3 Å². The fourth-order valence-corrected chi connectivity index (χ4v) is 3.33. The average Bonchev–Trinajstić information content (AvgIpc) is 2.86. The Morgan fingerprint density at radius 3 is 1.88 bits per heavy atom. The first-order chi connectivity index (χ1) is 16.6. The lowest BCUT2D eigenvalue weighted by molar-refractivity contribution is -0.128. The molecule has 2 rings (SSSR count). The third kappa shape index (κ3) is 11.4. The van der Waals surface area contributed by atoms with Crippen LogP contribution in [0.15, 0.2) is 48.5 Å². The molecule has 34 heavy (non-hydrogen) atoms. The number of hydrogen-bond donors (Lipinski definition) is 3. The summed E-state index contributed by atoms with van der Waals surface area (Å²) in [7, 11) is 1.63. The number of carbonyl (C=O) groups is 2. The summed E-state index contributed by atoms with van der Waals surface area (Å²) in [5, 5.41) is 11.4. The number of hydrogen-bond acceptors (Lipinski definition) is 6. The van der Waals surface area contributed by atoms with E-state index < -0.39 is 5.91 Å². The maximum Gasteiger partial charge on any atom is 0.251 e. The van der Waals surface area contributed by atoms with Crippen molar-refractivity contribution in [3.8, 4) is 0 Å². The van der Waals surface area contributed by atoms with Crippen LogP contribution in [-0.4, -0.2) is 63.7 Å². The molecule has 2 aromatic carbocycles. The van der Waals surface area contributed by atoms with Crippen LogP contribution < -0.4 is 10.8 Å². The third-order valence-electron chi connectivity index (χ3n) is 5.25. The lowest BCUT2D eigenvalue weighted by Gasteiger charge is -2.08. The molecule has 3 N–H and O–H groups in total. The Labute approximate surface area is 201 Å². The van der Waals surface area contributed by atoms with Gasteiger partial charge in [-0.25, -0.2) is 5.48 Å². The highest BCUT2D eigenvalue weighted by molar-refractivity contribution is 5.94. The van der Waals surface area contributed by atoms with Crippen LogP contribution in [0.2, 0.25) is 0 Å². The Morgan fingerprint density at radius 1 is 0.765 bits per heavy atom. The predicted molar refractivity (Wildman–Crippen MR) is 129 cm³/mol. The van der Waals surface area contributed by atoms with Crippen molar-refractivity contribution in [3.05, 3.63) is 70.8 Å². The molecule has 0 atom stereocenters. The lowest BCUT2D eigenvalue weighted by atomic mass is 10.0. The molecule has 2 aromatic rings. The molecule has 0 fully saturated rings. The number of aryl methyl sites for hydroxylation is 2. The van der Waals surface area contributed by atoms with Gasteiger partial charge in [-0.1, -0.05) is 36.4 Å². The smallest absolute Gasteiger partial charge is 0.251 e. The minimum atomic E-state index is -0.416. The molecule has 0 saturated heterocycles. The second kappa shape index (κ2) is 16.8. The number of unbranched alkanes of at least 4 members (excludes halogenated alkanes) is 1. The van der Waals surface area contributed by atoms with Crippen LogP contribution in [0.25, 0.3) is 0 Å². The van der Waals surface area contributed by atoms with Gasteiger partial charge >= 0.3 is 0 Å². The van der Waals surface area contributed by atoms with Gasteiger partial charge in [-0.3, -0.25) is 14.8 Å². The molecular formula is C26H36N2O6. The second-order valence-electron chi connectivity index (χ2n) is 7.91.